The van der Waals surface area contributed by atoms with Crippen molar-refractivity contribution in [2.75, 3.05) is 7.11 Å². The van der Waals surface area contributed by atoms with Gasteiger partial charge in [0, 0.05) is 5.56 Å². The fraction of sp³-hybridized carbons (Fsp3) is 0.143. The van der Waals surface area contributed by atoms with Gasteiger partial charge in [-0.25, -0.2) is 0 Å². The van der Waals surface area contributed by atoms with E-state index in [9.17, 15) is 8.42 Å². The molecule has 0 bridgehead atoms. The Morgan fingerprint density at radius 1 is 1.10 bits per heavy atom. The molecule has 0 saturated carbocycles. The van der Waals surface area contributed by atoms with Crippen LogP contribution in [0.2, 0.25) is 0 Å². The van der Waals surface area contributed by atoms with Crippen molar-refractivity contribution >= 4 is 10.3 Å². The van der Waals surface area contributed by atoms with Crippen LogP contribution in [0.25, 0.3) is 0 Å². The minimum atomic E-state index is -3.79. The number of hydrogen-bond donors (Lipinski definition) is 1. The highest BCUT2D eigenvalue weighted by Gasteiger charge is 2.31. The van der Waals surface area contributed by atoms with Gasteiger partial charge in [0.2, 0.25) is 0 Å². The van der Waals surface area contributed by atoms with Gasteiger partial charge in [-0.2, -0.15) is 13.1 Å². The first-order valence-corrected chi connectivity index (χ1v) is 7.44. The third-order valence-corrected chi connectivity index (χ3v) is 4.06. The lowest BCUT2D eigenvalue weighted by Gasteiger charge is -2.26. The van der Waals surface area contributed by atoms with Gasteiger partial charge in [-0.05, 0) is 23.8 Å². The van der Waals surface area contributed by atoms with Crippen LogP contribution >= 0.6 is 0 Å². The van der Waals surface area contributed by atoms with Gasteiger partial charge in [-0.15, -0.1) is 0 Å². The number of rotatable bonds is 2. The van der Waals surface area contributed by atoms with Gasteiger partial charge in [0.1, 0.15) is 11.5 Å². The van der Waals surface area contributed by atoms with E-state index in [2.05, 4.69) is 4.72 Å². The Hall–Kier alpha value is -2.05. The Balaban J connectivity index is 2.08. The van der Waals surface area contributed by atoms with Crippen LogP contribution in [-0.4, -0.2) is 15.5 Å². The van der Waals surface area contributed by atoms with E-state index < -0.39 is 16.3 Å². The second-order valence-electron chi connectivity index (χ2n) is 4.40. The Morgan fingerprint density at radius 2 is 1.80 bits per heavy atom. The minimum absolute atomic E-state index is 0.354. The molecule has 2 aromatic carbocycles. The van der Waals surface area contributed by atoms with E-state index in [1.54, 1.807) is 31.4 Å². The minimum Gasteiger partial charge on any atom is -0.497 e. The molecule has 5 nitrogen and oxygen atoms in total. The van der Waals surface area contributed by atoms with Crippen LogP contribution in [-0.2, 0) is 10.3 Å². The van der Waals surface area contributed by atoms with E-state index in [-0.39, 0.29) is 0 Å². The van der Waals surface area contributed by atoms with E-state index in [1.807, 2.05) is 24.3 Å². The van der Waals surface area contributed by atoms with E-state index in [4.69, 9.17) is 8.92 Å². The van der Waals surface area contributed by atoms with Crippen molar-refractivity contribution in [1.29, 1.82) is 0 Å². The lowest BCUT2D eigenvalue weighted by molar-refractivity contribution is 0.414. The maximum atomic E-state index is 11.8. The van der Waals surface area contributed by atoms with Gasteiger partial charge in [0.05, 0.1) is 13.2 Å². The van der Waals surface area contributed by atoms with Crippen LogP contribution < -0.4 is 13.6 Å². The first kappa shape index (κ1) is 13.0. The summed E-state index contributed by atoms with van der Waals surface area (Å²) < 4.78 is 36.1. The molecule has 0 fully saturated rings. The summed E-state index contributed by atoms with van der Waals surface area (Å²) in [6.45, 7) is 0. The summed E-state index contributed by atoms with van der Waals surface area (Å²) in [6, 6.07) is 13.8. The van der Waals surface area contributed by atoms with Crippen molar-refractivity contribution in [3.63, 3.8) is 0 Å². The van der Waals surface area contributed by atoms with Gasteiger partial charge in [0.25, 0.3) is 0 Å². The van der Waals surface area contributed by atoms with E-state index in [1.165, 1.54) is 0 Å². The van der Waals surface area contributed by atoms with Gasteiger partial charge < -0.3 is 8.92 Å². The normalized spacial score (nSPS) is 19.8. The third-order valence-electron chi connectivity index (χ3n) is 3.14. The molecule has 0 saturated heterocycles. The summed E-state index contributed by atoms with van der Waals surface area (Å²) in [5.41, 5.74) is 1.61. The summed E-state index contributed by atoms with van der Waals surface area (Å²) in [5.74, 6) is 1.07. The van der Waals surface area contributed by atoms with Gasteiger partial charge >= 0.3 is 10.3 Å². The second kappa shape index (κ2) is 4.81. The molecule has 1 atom stereocenters. The Labute approximate surface area is 117 Å². The molecule has 6 heteroatoms. The highest BCUT2D eigenvalue weighted by atomic mass is 32.2. The Bertz CT molecular complexity index is 725. The summed E-state index contributed by atoms with van der Waals surface area (Å²) in [7, 11) is -2.21. The van der Waals surface area contributed by atoms with E-state index >= 15 is 0 Å². The van der Waals surface area contributed by atoms with Crippen LogP contribution in [0.3, 0.4) is 0 Å². The maximum absolute atomic E-state index is 11.8. The fourth-order valence-electron chi connectivity index (χ4n) is 2.19. The lowest BCUT2D eigenvalue weighted by atomic mass is 9.99. The molecular weight excluding hydrogens is 278 g/mol. The second-order valence-corrected chi connectivity index (χ2v) is 5.71. The lowest BCUT2D eigenvalue weighted by Crippen LogP contribution is -2.37. The average Bonchev–Trinajstić information content (AvgIpc) is 2.45. The molecule has 1 unspecified atom stereocenters. The molecular formula is C14H13NO4S. The molecule has 20 heavy (non-hydrogen) atoms. The zero-order valence-corrected chi connectivity index (χ0v) is 11.6. The van der Waals surface area contributed by atoms with Gasteiger partial charge in [-0.3, -0.25) is 0 Å². The van der Waals surface area contributed by atoms with E-state index in [0.29, 0.717) is 5.75 Å². The molecule has 0 spiro atoms. The van der Waals surface area contributed by atoms with Crippen LogP contribution in [0.4, 0.5) is 0 Å². The Morgan fingerprint density at radius 3 is 2.50 bits per heavy atom. The molecule has 0 radical (unpaired) electrons. The quantitative estimate of drug-likeness (QED) is 0.919. The number of nitrogens with one attached hydrogen (secondary N) is 1. The number of benzene rings is 2. The fourth-order valence-corrected chi connectivity index (χ4v) is 3.18. The Kier molecular flexibility index (Phi) is 3.11. The third kappa shape index (κ3) is 2.35. The summed E-state index contributed by atoms with van der Waals surface area (Å²) in [6.07, 6.45) is 0. The largest absolute Gasteiger partial charge is 0.497 e. The monoisotopic (exact) mass is 291 g/mol. The van der Waals surface area contributed by atoms with Crippen LogP contribution in [0.15, 0.2) is 48.5 Å². The average molecular weight is 291 g/mol. The molecule has 1 N–H and O–H groups in total. The molecule has 0 aliphatic carbocycles. The molecule has 0 amide bonds. The first-order valence-electron chi connectivity index (χ1n) is 6.04. The zero-order valence-electron chi connectivity index (χ0n) is 10.7. The topological polar surface area (TPSA) is 64.6 Å². The van der Waals surface area contributed by atoms with Crippen molar-refractivity contribution in [1.82, 2.24) is 4.72 Å². The van der Waals surface area contributed by atoms with Gasteiger partial charge in [-0.1, -0.05) is 30.3 Å². The van der Waals surface area contributed by atoms with Crippen molar-refractivity contribution in [2.24, 2.45) is 0 Å². The molecule has 3 rings (SSSR count). The standard InChI is InChI=1S/C14H13NO4S/c1-18-11-8-6-10(7-9-11)14-12-4-2-3-5-13(12)19-20(16,17)15-14/h2-9,14-15H,1H3. The number of para-hydroxylation sites is 1. The predicted molar refractivity (Wildman–Crippen MR) is 74.0 cm³/mol. The number of methoxy groups -OCH3 is 1. The van der Waals surface area contributed by atoms with Crippen LogP contribution in [0.1, 0.15) is 17.2 Å². The summed E-state index contributed by atoms with van der Waals surface area (Å²) >= 11 is 0. The summed E-state index contributed by atoms with van der Waals surface area (Å²) in [4.78, 5) is 0. The molecule has 1 aliphatic heterocycles. The smallest absolute Gasteiger partial charge is 0.383 e. The van der Waals surface area contributed by atoms with Crippen LogP contribution in [0.5, 0.6) is 11.5 Å². The molecule has 104 valence electrons. The molecule has 1 heterocycles. The van der Waals surface area contributed by atoms with E-state index in [0.717, 1.165) is 16.9 Å². The van der Waals surface area contributed by atoms with Gasteiger partial charge in [0.15, 0.2) is 0 Å². The summed E-state index contributed by atoms with van der Waals surface area (Å²) in [5, 5.41) is 0. The van der Waals surface area contributed by atoms with Crippen molar-refractivity contribution in [3.05, 3.63) is 59.7 Å². The predicted octanol–water partition coefficient (Wildman–Crippen LogP) is 2.01. The van der Waals surface area contributed by atoms with Crippen molar-refractivity contribution in [3.8, 4) is 11.5 Å². The number of hydrogen-bond acceptors (Lipinski definition) is 4. The maximum Gasteiger partial charge on any atom is 0.383 e. The van der Waals surface area contributed by atoms with Crippen molar-refractivity contribution < 1.29 is 17.3 Å². The van der Waals surface area contributed by atoms with Crippen molar-refractivity contribution in [2.45, 2.75) is 6.04 Å². The number of fused-ring (bicyclic) bond motifs is 1. The molecule has 0 aromatic heterocycles. The highest BCUT2D eigenvalue weighted by molar-refractivity contribution is 7.85. The highest BCUT2D eigenvalue weighted by Crippen LogP contribution is 2.35. The SMILES string of the molecule is COc1ccc(C2NS(=O)(=O)Oc3ccccc32)cc1. The first-order chi connectivity index (χ1) is 9.59. The number of ether oxygens (including phenoxy) is 1. The molecule has 1 aliphatic rings. The zero-order chi connectivity index (χ0) is 14.2. The molecule has 2 aromatic rings. The van der Waals surface area contributed by atoms with Crippen LogP contribution in [0, 0.1) is 0 Å².